The first-order chi connectivity index (χ1) is 10.4. The molecule has 0 saturated heterocycles. The number of likely N-dealkylation sites (N-methyl/N-ethyl adjacent to an activating group) is 1. The maximum absolute atomic E-state index is 11.0. The molecule has 0 N–H and O–H groups in total. The highest BCUT2D eigenvalue weighted by Gasteiger charge is 2.23. The van der Waals surface area contributed by atoms with Gasteiger partial charge in [0.15, 0.2) is 5.75 Å². The molecule has 1 aromatic carbocycles. The van der Waals surface area contributed by atoms with Gasteiger partial charge in [0.1, 0.15) is 13.2 Å². The minimum Gasteiger partial charge on any atom is -0.481 e. The van der Waals surface area contributed by atoms with E-state index < -0.39 is 9.85 Å². The van der Waals surface area contributed by atoms with Crippen molar-refractivity contribution in [3.63, 3.8) is 0 Å². The normalized spacial score (nSPS) is 11.2. The van der Waals surface area contributed by atoms with Crippen molar-refractivity contribution < 1.29 is 19.1 Å². The van der Waals surface area contributed by atoms with Crippen LogP contribution in [0.25, 0.3) is 0 Å². The molecule has 0 heterocycles. The van der Waals surface area contributed by atoms with Gasteiger partial charge in [-0.25, -0.2) is 0 Å². The number of nitro groups is 2. The lowest BCUT2D eigenvalue weighted by Crippen LogP contribution is -2.49. The third-order valence-corrected chi connectivity index (χ3v) is 4.19. The number of hydrogen-bond acceptors (Lipinski definition) is 5. The van der Waals surface area contributed by atoms with Gasteiger partial charge >= 0.3 is 5.69 Å². The van der Waals surface area contributed by atoms with E-state index in [0.29, 0.717) is 6.61 Å². The van der Waals surface area contributed by atoms with Crippen LogP contribution in [0.3, 0.4) is 0 Å². The molecule has 0 aliphatic heterocycles. The molecule has 1 rings (SSSR count). The fourth-order valence-corrected chi connectivity index (χ4v) is 2.38. The van der Waals surface area contributed by atoms with Crippen LogP contribution in [0.1, 0.15) is 20.8 Å². The summed E-state index contributed by atoms with van der Waals surface area (Å²) in [5, 5.41) is 21.7. The molecule has 1 aromatic rings. The molecule has 122 valence electrons. The lowest BCUT2D eigenvalue weighted by Gasteiger charge is -2.35. The monoisotopic (exact) mass is 312 g/mol. The van der Waals surface area contributed by atoms with E-state index in [0.717, 1.165) is 36.7 Å². The van der Waals surface area contributed by atoms with Gasteiger partial charge in [-0.05, 0) is 26.8 Å². The third kappa shape index (κ3) is 4.14. The van der Waals surface area contributed by atoms with Gasteiger partial charge in [0, 0.05) is 6.07 Å². The first-order valence-corrected chi connectivity index (χ1v) is 7.29. The fourth-order valence-electron chi connectivity index (χ4n) is 2.38. The van der Waals surface area contributed by atoms with Crippen LogP contribution in [0.5, 0.6) is 5.75 Å². The van der Waals surface area contributed by atoms with E-state index in [2.05, 4.69) is 20.8 Å². The van der Waals surface area contributed by atoms with Crippen molar-refractivity contribution in [2.45, 2.75) is 20.8 Å². The van der Waals surface area contributed by atoms with E-state index in [9.17, 15) is 20.2 Å². The number of quaternary nitrogens is 1. The van der Waals surface area contributed by atoms with Crippen LogP contribution in [0.15, 0.2) is 18.2 Å². The average Bonchev–Trinajstić information content (AvgIpc) is 2.52. The van der Waals surface area contributed by atoms with E-state index in [-0.39, 0.29) is 17.1 Å². The first kappa shape index (κ1) is 17.8. The number of nitrogens with zero attached hydrogens (tertiary/aromatic N) is 3. The summed E-state index contributed by atoms with van der Waals surface area (Å²) in [7, 11) is 0. The molecule has 0 aliphatic carbocycles. The second kappa shape index (κ2) is 7.69. The topological polar surface area (TPSA) is 95.5 Å². The van der Waals surface area contributed by atoms with Crippen LogP contribution in [-0.2, 0) is 0 Å². The second-order valence-corrected chi connectivity index (χ2v) is 5.03. The molecular formula is C14H22N3O5+. The molecule has 8 nitrogen and oxygen atoms in total. The quantitative estimate of drug-likeness (QED) is 0.397. The molecule has 0 radical (unpaired) electrons. The van der Waals surface area contributed by atoms with Crippen molar-refractivity contribution >= 4 is 11.4 Å². The highest BCUT2D eigenvalue weighted by molar-refractivity contribution is 5.53. The predicted octanol–water partition coefficient (Wildman–Crippen LogP) is 2.76. The summed E-state index contributed by atoms with van der Waals surface area (Å²) in [4.78, 5) is 20.4. The number of benzene rings is 1. The average molecular weight is 312 g/mol. The van der Waals surface area contributed by atoms with Crippen molar-refractivity contribution in [3.8, 4) is 5.75 Å². The zero-order chi connectivity index (χ0) is 16.8. The third-order valence-electron chi connectivity index (χ3n) is 4.19. The standard InChI is InChI=1S/C14H22N3O5/c1-4-17(5-2,6-3)9-10-22-14-8-7-12(15(18)19)11-13(14)16(20)21/h7-8,11H,4-6,9-10H2,1-3H3/q+1. The summed E-state index contributed by atoms with van der Waals surface area (Å²) in [6.45, 7) is 10.2. The van der Waals surface area contributed by atoms with Crippen LogP contribution < -0.4 is 4.74 Å². The minimum absolute atomic E-state index is 0.0667. The Balaban J connectivity index is 2.85. The number of nitro benzene ring substituents is 2. The molecule has 0 aliphatic rings. The summed E-state index contributed by atoms with van der Waals surface area (Å²) in [6.07, 6.45) is 0. The summed E-state index contributed by atoms with van der Waals surface area (Å²) in [5.74, 6) is 0.0667. The van der Waals surface area contributed by atoms with Gasteiger partial charge < -0.3 is 9.22 Å². The van der Waals surface area contributed by atoms with Crippen molar-refractivity contribution in [3.05, 3.63) is 38.4 Å². The minimum atomic E-state index is -0.663. The smallest absolute Gasteiger partial charge is 0.317 e. The van der Waals surface area contributed by atoms with Crippen LogP contribution in [0.4, 0.5) is 11.4 Å². The Kier molecular flexibility index (Phi) is 6.24. The molecule has 0 amide bonds. The van der Waals surface area contributed by atoms with Gasteiger partial charge in [0.05, 0.1) is 35.5 Å². The van der Waals surface area contributed by atoms with E-state index >= 15 is 0 Å². The Morgan fingerprint density at radius 3 is 2.09 bits per heavy atom. The number of rotatable bonds is 9. The van der Waals surface area contributed by atoms with E-state index in [1.54, 1.807) is 0 Å². The van der Waals surface area contributed by atoms with Gasteiger partial charge in [-0.15, -0.1) is 0 Å². The molecule has 0 saturated carbocycles. The molecule has 0 atom stereocenters. The number of ether oxygens (including phenoxy) is 1. The van der Waals surface area contributed by atoms with Gasteiger partial charge in [-0.2, -0.15) is 0 Å². The number of hydrogen-bond donors (Lipinski definition) is 0. The maximum Gasteiger partial charge on any atom is 0.317 e. The fraction of sp³-hybridized carbons (Fsp3) is 0.571. The van der Waals surface area contributed by atoms with Crippen molar-refractivity contribution in [1.82, 2.24) is 0 Å². The Labute approximate surface area is 129 Å². The Morgan fingerprint density at radius 1 is 1.05 bits per heavy atom. The van der Waals surface area contributed by atoms with Gasteiger partial charge in [-0.1, -0.05) is 0 Å². The maximum atomic E-state index is 11.0. The van der Waals surface area contributed by atoms with Gasteiger partial charge in [-0.3, -0.25) is 20.2 Å². The van der Waals surface area contributed by atoms with Crippen molar-refractivity contribution in [1.29, 1.82) is 0 Å². The van der Waals surface area contributed by atoms with E-state index in [1.165, 1.54) is 12.1 Å². The van der Waals surface area contributed by atoms with Crippen LogP contribution in [0.2, 0.25) is 0 Å². The SMILES string of the molecule is CC[N+](CC)(CC)CCOc1ccc([N+](=O)[O-])cc1[N+](=O)[O-]. The molecule has 8 heteroatoms. The Morgan fingerprint density at radius 2 is 1.64 bits per heavy atom. The molecular weight excluding hydrogens is 290 g/mol. The lowest BCUT2D eigenvalue weighted by atomic mass is 10.2. The van der Waals surface area contributed by atoms with Crippen LogP contribution in [-0.4, -0.2) is 47.1 Å². The van der Waals surface area contributed by atoms with Gasteiger partial charge in [0.25, 0.3) is 5.69 Å². The molecule has 22 heavy (non-hydrogen) atoms. The zero-order valence-corrected chi connectivity index (χ0v) is 13.2. The highest BCUT2D eigenvalue weighted by atomic mass is 16.6. The largest absolute Gasteiger partial charge is 0.481 e. The summed E-state index contributed by atoms with van der Waals surface area (Å²) in [6, 6.07) is 3.43. The van der Waals surface area contributed by atoms with Gasteiger partial charge in [0.2, 0.25) is 0 Å². The molecule has 0 aromatic heterocycles. The van der Waals surface area contributed by atoms with Crippen molar-refractivity contribution in [2.24, 2.45) is 0 Å². The predicted molar refractivity (Wildman–Crippen MR) is 82.0 cm³/mol. The summed E-state index contributed by atoms with van der Waals surface area (Å²) in [5.41, 5.74) is -0.698. The Bertz CT molecular complexity index is 535. The Hall–Kier alpha value is -2.22. The molecule has 0 spiro atoms. The molecule has 0 fully saturated rings. The van der Waals surface area contributed by atoms with E-state index in [1.807, 2.05) is 0 Å². The number of non-ortho nitro benzene ring substituents is 1. The van der Waals surface area contributed by atoms with Crippen molar-refractivity contribution in [2.75, 3.05) is 32.8 Å². The van der Waals surface area contributed by atoms with Crippen LogP contribution in [0, 0.1) is 20.2 Å². The summed E-state index contributed by atoms with van der Waals surface area (Å²) < 4.78 is 6.38. The summed E-state index contributed by atoms with van der Waals surface area (Å²) >= 11 is 0. The first-order valence-electron chi connectivity index (χ1n) is 7.29. The van der Waals surface area contributed by atoms with E-state index in [4.69, 9.17) is 4.74 Å². The highest BCUT2D eigenvalue weighted by Crippen LogP contribution is 2.31. The molecule has 0 unspecified atom stereocenters. The second-order valence-electron chi connectivity index (χ2n) is 5.03. The van der Waals surface area contributed by atoms with Crippen LogP contribution >= 0.6 is 0 Å². The molecule has 0 bridgehead atoms. The zero-order valence-electron chi connectivity index (χ0n) is 13.2. The lowest BCUT2D eigenvalue weighted by molar-refractivity contribution is -0.923.